The van der Waals surface area contributed by atoms with Crippen LogP contribution in [0.15, 0.2) is 12.7 Å². The van der Waals surface area contributed by atoms with E-state index in [2.05, 4.69) is 20.4 Å². The van der Waals surface area contributed by atoms with Crippen molar-refractivity contribution in [1.29, 1.82) is 0 Å². The molecule has 0 saturated heterocycles. The van der Waals surface area contributed by atoms with Crippen LogP contribution in [-0.4, -0.2) is 12.7 Å². The first-order chi connectivity index (χ1) is 3.27. The van der Waals surface area contributed by atoms with Gasteiger partial charge in [-0.1, -0.05) is 6.08 Å². The van der Waals surface area contributed by atoms with Crippen LogP contribution >= 0.6 is 0 Å². The summed E-state index contributed by atoms with van der Waals surface area (Å²) in [6.45, 7) is 11.0. The molecule has 0 amide bonds. The summed E-state index contributed by atoms with van der Waals surface area (Å²) in [5.41, 5.74) is 0. The van der Waals surface area contributed by atoms with E-state index in [1.54, 1.807) is 6.08 Å². The monoisotopic (exact) mass is 98.1 g/mol. The van der Waals surface area contributed by atoms with Crippen molar-refractivity contribution >= 4 is 0 Å². The maximum Gasteiger partial charge on any atom is 0.0648 e. The molecule has 0 spiro atoms. The Balaban J connectivity index is 2.81. The Labute approximate surface area is 45.0 Å². The standard InChI is InChI=1S/C6H10O/c1-4-5-7-6(2)3/h4,6H,1-3,5H2. The summed E-state index contributed by atoms with van der Waals surface area (Å²) in [5.74, 6) is 0. The predicted octanol–water partition coefficient (Wildman–Crippen LogP) is 1.23. The van der Waals surface area contributed by atoms with Crippen molar-refractivity contribution in [1.82, 2.24) is 0 Å². The minimum Gasteiger partial charge on any atom is -0.374 e. The topological polar surface area (TPSA) is 9.23 Å². The van der Waals surface area contributed by atoms with E-state index in [1.807, 2.05) is 0 Å². The summed E-state index contributed by atoms with van der Waals surface area (Å²) in [5, 5.41) is 0. The Kier molecular flexibility index (Phi) is 3.71. The number of ether oxygens (including phenoxy) is 1. The largest absolute Gasteiger partial charge is 0.374 e. The maximum absolute atomic E-state index is 4.85. The minimum atomic E-state index is -0.169. The molecular formula is C6H10O. The van der Waals surface area contributed by atoms with Crippen molar-refractivity contribution in [2.45, 2.75) is 6.10 Å². The number of hydrogen-bond acceptors (Lipinski definition) is 1. The molecule has 1 heteroatoms. The van der Waals surface area contributed by atoms with Crippen LogP contribution in [0, 0.1) is 13.8 Å². The van der Waals surface area contributed by atoms with Gasteiger partial charge in [0.2, 0.25) is 0 Å². The Hall–Kier alpha value is -0.300. The van der Waals surface area contributed by atoms with E-state index in [0.29, 0.717) is 6.61 Å². The molecule has 0 bridgehead atoms. The fraction of sp³-hybridized carbons (Fsp3) is 0.333. The summed E-state index contributed by atoms with van der Waals surface area (Å²) in [4.78, 5) is 0. The van der Waals surface area contributed by atoms with Crippen LogP contribution in [0.4, 0.5) is 0 Å². The van der Waals surface area contributed by atoms with E-state index in [4.69, 9.17) is 4.74 Å². The van der Waals surface area contributed by atoms with Gasteiger partial charge in [0.25, 0.3) is 0 Å². The lowest BCUT2D eigenvalue weighted by molar-refractivity contribution is 0.139. The predicted molar refractivity (Wildman–Crippen MR) is 30.7 cm³/mol. The van der Waals surface area contributed by atoms with E-state index in [1.165, 1.54) is 0 Å². The third-order valence-corrected chi connectivity index (χ3v) is 0.450. The molecule has 0 N–H and O–H groups in total. The van der Waals surface area contributed by atoms with Gasteiger partial charge in [0.05, 0.1) is 12.7 Å². The van der Waals surface area contributed by atoms with Crippen LogP contribution in [-0.2, 0) is 4.74 Å². The number of rotatable bonds is 3. The van der Waals surface area contributed by atoms with Crippen LogP contribution in [0.2, 0.25) is 0 Å². The molecule has 40 valence electrons. The van der Waals surface area contributed by atoms with Gasteiger partial charge in [-0.2, -0.15) is 0 Å². The molecule has 0 rings (SSSR count). The zero-order valence-corrected chi connectivity index (χ0v) is 4.39. The first kappa shape index (κ1) is 6.70. The number of hydrogen-bond donors (Lipinski definition) is 0. The van der Waals surface area contributed by atoms with Gasteiger partial charge in [-0.05, 0) is 13.8 Å². The molecule has 0 aromatic rings. The normalized spacial score (nSPS) is 9.57. The summed E-state index contributed by atoms with van der Waals surface area (Å²) < 4.78 is 4.85. The smallest absolute Gasteiger partial charge is 0.0648 e. The minimum absolute atomic E-state index is 0.169. The average Bonchev–Trinajstić information content (AvgIpc) is 1.61. The first-order valence-corrected chi connectivity index (χ1v) is 2.16. The van der Waals surface area contributed by atoms with E-state index < -0.39 is 0 Å². The van der Waals surface area contributed by atoms with Crippen LogP contribution in [0.5, 0.6) is 0 Å². The third kappa shape index (κ3) is 5.70. The molecule has 0 heterocycles. The van der Waals surface area contributed by atoms with Gasteiger partial charge >= 0.3 is 0 Å². The highest BCUT2D eigenvalue weighted by Gasteiger charge is 1.85. The van der Waals surface area contributed by atoms with Gasteiger partial charge in [0.15, 0.2) is 0 Å². The maximum atomic E-state index is 4.85. The van der Waals surface area contributed by atoms with Crippen molar-refractivity contribution in [3.05, 3.63) is 26.5 Å². The Morgan fingerprint density at radius 2 is 2.14 bits per heavy atom. The summed E-state index contributed by atoms with van der Waals surface area (Å²) in [6, 6.07) is 0. The van der Waals surface area contributed by atoms with E-state index >= 15 is 0 Å². The van der Waals surface area contributed by atoms with Crippen LogP contribution < -0.4 is 0 Å². The molecule has 2 radical (unpaired) electrons. The molecular weight excluding hydrogens is 88.1 g/mol. The van der Waals surface area contributed by atoms with Gasteiger partial charge in [0.1, 0.15) is 0 Å². The molecule has 0 aromatic heterocycles. The summed E-state index contributed by atoms with van der Waals surface area (Å²) >= 11 is 0. The average molecular weight is 98.1 g/mol. The Morgan fingerprint density at radius 1 is 1.57 bits per heavy atom. The van der Waals surface area contributed by atoms with Gasteiger partial charge in [-0.15, -0.1) is 6.58 Å². The third-order valence-electron chi connectivity index (χ3n) is 0.450. The second-order valence-corrected chi connectivity index (χ2v) is 1.24. The fourth-order valence-electron chi connectivity index (χ4n) is 0.204. The van der Waals surface area contributed by atoms with Crippen LogP contribution in [0.25, 0.3) is 0 Å². The molecule has 0 aliphatic heterocycles. The van der Waals surface area contributed by atoms with E-state index in [9.17, 15) is 0 Å². The lowest BCUT2D eigenvalue weighted by Crippen LogP contribution is -2.01. The molecule has 0 aliphatic rings. The molecule has 0 aliphatic carbocycles. The highest BCUT2D eigenvalue weighted by molar-refractivity contribution is 4.68. The highest BCUT2D eigenvalue weighted by atomic mass is 16.5. The fourth-order valence-corrected chi connectivity index (χ4v) is 0.204. The second kappa shape index (κ2) is 3.88. The lowest BCUT2D eigenvalue weighted by atomic mass is 10.5. The molecule has 0 aromatic carbocycles. The zero-order valence-electron chi connectivity index (χ0n) is 4.39. The van der Waals surface area contributed by atoms with Crippen LogP contribution in [0.1, 0.15) is 0 Å². The zero-order chi connectivity index (χ0) is 5.70. The van der Waals surface area contributed by atoms with Crippen molar-refractivity contribution in [2.24, 2.45) is 0 Å². The lowest BCUT2D eigenvalue weighted by Gasteiger charge is -2.00. The van der Waals surface area contributed by atoms with Gasteiger partial charge in [0, 0.05) is 0 Å². The summed E-state index contributed by atoms with van der Waals surface area (Å²) in [6.07, 6.45) is 1.50. The molecule has 0 atom stereocenters. The molecule has 0 unspecified atom stereocenters. The van der Waals surface area contributed by atoms with Gasteiger partial charge < -0.3 is 4.74 Å². The Morgan fingerprint density at radius 3 is 2.29 bits per heavy atom. The first-order valence-electron chi connectivity index (χ1n) is 2.16. The van der Waals surface area contributed by atoms with Gasteiger partial charge in [-0.25, -0.2) is 0 Å². The van der Waals surface area contributed by atoms with Gasteiger partial charge in [-0.3, -0.25) is 0 Å². The van der Waals surface area contributed by atoms with Crippen molar-refractivity contribution in [3.8, 4) is 0 Å². The van der Waals surface area contributed by atoms with Crippen LogP contribution in [0.3, 0.4) is 0 Å². The molecule has 0 saturated carbocycles. The SMILES string of the molecule is [CH2]C([CH2])OCC=C. The van der Waals surface area contributed by atoms with Crippen molar-refractivity contribution in [3.63, 3.8) is 0 Å². The molecule has 0 fully saturated rings. The summed E-state index contributed by atoms with van der Waals surface area (Å²) in [7, 11) is 0. The quantitative estimate of drug-likeness (QED) is 0.482. The molecule has 1 nitrogen and oxygen atoms in total. The highest BCUT2D eigenvalue weighted by Crippen LogP contribution is 1.83. The van der Waals surface area contributed by atoms with Crippen molar-refractivity contribution < 1.29 is 4.74 Å². The Bertz CT molecular complexity index is 48.1. The van der Waals surface area contributed by atoms with E-state index in [-0.39, 0.29) is 6.10 Å². The second-order valence-electron chi connectivity index (χ2n) is 1.24. The van der Waals surface area contributed by atoms with Crippen molar-refractivity contribution in [2.75, 3.05) is 6.61 Å². The molecule has 7 heavy (non-hydrogen) atoms. The van der Waals surface area contributed by atoms with E-state index in [0.717, 1.165) is 0 Å².